The molecule has 1 unspecified atom stereocenters. The number of rotatable bonds is 2. The van der Waals surface area contributed by atoms with Crippen molar-refractivity contribution in [2.45, 2.75) is 6.10 Å². The molecule has 1 saturated heterocycles. The molecule has 5 nitrogen and oxygen atoms in total. The molecule has 86 valence electrons. The molecule has 6 heteroatoms. The minimum atomic E-state index is -0.547. The fourth-order valence-corrected chi connectivity index (χ4v) is 1.65. The third kappa shape index (κ3) is 3.01. The van der Waals surface area contributed by atoms with Gasteiger partial charge in [-0.15, -0.1) is 0 Å². The van der Waals surface area contributed by atoms with Gasteiger partial charge in [0.2, 0.25) is 0 Å². The summed E-state index contributed by atoms with van der Waals surface area (Å²) in [6.07, 6.45) is 1.06. The lowest BCUT2D eigenvalue weighted by Crippen LogP contribution is -2.39. The van der Waals surface area contributed by atoms with Gasteiger partial charge in [0, 0.05) is 10.7 Å². The molecule has 1 amide bonds. The van der Waals surface area contributed by atoms with Crippen LogP contribution in [0.3, 0.4) is 0 Å². The zero-order valence-electron chi connectivity index (χ0n) is 8.48. The number of hydrogen-bond acceptors (Lipinski definition) is 4. The van der Waals surface area contributed by atoms with Gasteiger partial charge in [-0.1, -0.05) is 15.9 Å². The Morgan fingerprint density at radius 3 is 3.12 bits per heavy atom. The number of carbonyl (C=O) groups is 1. The van der Waals surface area contributed by atoms with Gasteiger partial charge in [-0.2, -0.15) is 0 Å². The van der Waals surface area contributed by atoms with Crippen LogP contribution < -0.4 is 5.32 Å². The average Bonchev–Trinajstić information content (AvgIpc) is 2.30. The molecule has 0 saturated carbocycles. The minimum absolute atomic E-state index is 0.231. The van der Waals surface area contributed by atoms with E-state index < -0.39 is 6.10 Å². The Balaban J connectivity index is 1.96. The van der Waals surface area contributed by atoms with E-state index in [9.17, 15) is 4.79 Å². The second kappa shape index (κ2) is 5.38. The van der Waals surface area contributed by atoms with Crippen LogP contribution in [0.2, 0.25) is 0 Å². The topological polar surface area (TPSA) is 60.5 Å². The maximum Gasteiger partial charge on any atom is 0.257 e. The quantitative estimate of drug-likeness (QED) is 0.888. The van der Waals surface area contributed by atoms with Crippen molar-refractivity contribution in [3.8, 4) is 0 Å². The molecule has 1 aromatic heterocycles. The van der Waals surface area contributed by atoms with Crippen molar-refractivity contribution in [3.63, 3.8) is 0 Å². The molecule has 2 rings (SSSR count). The minimum Gasteiger partial charge on any atom is -0.376 e. The van der Waals surface area contributed by atoms with E-state index in [2.05, 4.69) is 26.2 Å². The first-order chi connectivity index (χ1) is 7.75. The lowest BCUT2D eigenvalue weighted by Gasteiger charge is -2.21. The molecule has 1 aliphatic rings. The Morgan fingerprint density at radius 2 is 2.44 bits per heavy atom. The number of aromatic nitrogens is 1. The van der Waals surface area contributed by atoms with E-state index in [4.69, 9.17) is 9.47 Å². The summed E-state index contributed by atoms with van der Waals surface area (Å²) in [5.41, 5.74) is 0. The van der Waals surface area contributed by atoms with Crippen LogP contribution in [-0.2, 0) is 14.3 Å². The summed E-state index contributed by atoms with van der Waals surface area (Å²) in [7, 11) is 0. The molecule has 1 aromatic rings. The number of pyridine rings is 1. The molecule has 1 atom stereocenters. The summed E-state index contributed by atoms with van der Waals surface area (Å²) >= 11 is 3.30. The first-order valence-electron chi connectivity index (χ1n) is 4.87. The summed E-state index contributed by atoms with van der Waals surface area (Å²) in [4.78, 5) is 15.7. The lowest BCUT2D eigenvalue weighted by atomic mass is 10.3. The van der Waals surface area contributed by atoms with Gasteiger partial charge < -0.3 is 14.8 Å². The molecule has 1 fully saturated rings. The summed E-state index contributed by atoms with van der Waals surface area (Å²) in [6.45, 7) is 1.28. The van der Waals surface area contributed by atoms with Crippen LogP contribution >= 0.6 is 15.9 Å². The molecule has 0 radical (unpaired) electrons. The predicted molar refractivity (Wildman–Crippen MR) is 61.1 cm³/mol. The van der Waals surface area contributed by atoms with Crippen molar-refractivity contribution in [3.05, 3.63) is 22.8 Å². The zero-order chi connectivity index (χ0) is 11.4. The number of nitrogens with zero attached hydrogens (tertiary/aromatic N) is 1. The number of nitrogens with one attached hydrogen (secondary N) is 1. The maximum atomic E-state index is 11.7. The van der Waals surface area contributed by atoms with Gasteiger partial charge in [0.1, 0.15) is 5.82 Å². The number of amides is 1. The highest BCUT2D eigenvalue weighted by molar-refractivity contribution is 9.10. The van der Waals surface area contributed by atoms with E-state index in [0.717, 1.165) is 4.47 Å². The highest BCUT2D eigenvalue weighted by Gasteiger charge is 2.22. The van der Waals surface area contributed by atoms with Gasteiger partial charge >= 0.3 is 0 Å². The summed E-state index contributed by atoms with van der Waals surface area (Å²) in [5, 5.41) is 2.67. The Kier molecular flexibility index (Phi) is 3.87. The van der Waals surface area contributed by atoms with Gasteiger partial charge in [0.05, 0.1) is 19.8 Å². The van der Waals surface area contributed by atoms with Crippen LogP contribution in [0.1, 0.15) is 0 Å². The van der Waals surface area contributed by atoms with Crippen molar-refractivity contribution in [2.24, 2.45) is 0 Å². The predicted octanol–water partition coefficient (Wildman–Crippen LogP) is 1.20. The second-order valence-corrected chi connectivity index (χ2v) is 4.20. The number of carbonyl (C=O) groups excluding carboxylic acids is 1. The van der Waals surface area contributed by atoms with Crippen LogP contribution in [-0.4, -0.2) is 36.8 Å². The molecule has 1 aliphatic heterocycles. The summed E-state index contributed by atoms with van der Waals surface area (Å²) < 4.78 is 11.3. The van der Waals surface area contributed by atoms with Gasteiger partial charge in [-0.05, 0) is 12.1 Å². The van der Waals surface area contributed by atoms with E-state index in [0.29, 0.717) is 25.6 Å². The number of anilines is 1. The highest BCUT2D eigenvalue weighted by atomic mass is 79.9. The fourth-order valence-electron chi connectivity index (χ4n) is 1.32. The van der Waals surface area contributed by atoms with Gasteiger partial charge in [-0.3, -0.25) is 4.79 Å². The first-order valence-corrected chi connectivity index (χ1v) is 5.67. The SMILES string of the molecule is O=C(Nc1cc(Br)ccn1)C1COCCO1. The Bertz CT molecular complexity index is 380. The second-order valence-electron chi connectivity index (χ2n) is 3.28. The molecule has 16 heavy (non-hydrogen) atoms. The Hall–Kier alpha value is -0.980. The smallest absolute Gasteiger partial charge is 0.257 e. The van der Waals surface area contributed by atoms with Crippen molar-refractivity contribution < 1.29 is 14.3 Å². The standard InChI is InChI=1S/C10H11BrN2O3/c11-7-1-2-12-9(5-7)13-10(14)8-6-15-3-4-16-8/h1-2,5,8H,3-4,6H2,(H,12,13,14). The number of ether oxygens (including phenoxy) is 2. The maximum absolute atomic E-state index is 11.7. The zero-order valence-corrected chi connectivity index (χ0v) is 10.1. The molecule has 0 spiro atoms. The van der Waals surface area contributed by atoms with Gasteiger partial charge in [-0.25, -0.2) is 4.98 Å². The largest absolute Gasteiger partial charge is 0.376 e. The lowest BCUT2D eigenvalue weighted by molar-refractivity contribution is -0.142. The van der Waals surface area contributed by atoms with E-state index >= 15 is 0 Å². The summed E-state index contributed by atoms with van der Waals surface area (Å²) in [5.74, 6) is 0.263. The molecular formula is C10H11BrN2O3. The molecule has 0 aromatic carbocycles. The van der Waals surface area contributed by atoms with Crippen molar-refractivity contribution in [1.29, 1.82) is 0 Å². The molecule has 0 aliphatic carbocycles. The van der Waals surface area contributed by atoms with Crippen molar-refractivity contribution >= 4 is 27.7 Å². The van der Waals surface area contributed by atoms with E-state index in [-0.39, 0.29) is 5.91 Å². The normalized spacial score (nSPS) is 20.4. The summed E-state index contributed by atoms with van der Waals surface area (Å²) in [6, 6.07) is 3.51. The van der Waals surface area contributed by atoms with Gasteiger partial charge in [0.15, 0.2) is 6.10 Å². The average molecular weight is 287 g/mol. The van der Waals surface area contributed by atoms with E-state index in [1.54, 1.807) is 18.3 Å². The van der Waals surface area contributed by atoms with Crippen LogP contribution in [0.25, 0.3) is 0 Å². The van der Waals surface area contributed by atoms with Gasteiger partial charge in [0.25, 0.3) is 5.91 Å². The molecule has 2 heterocycles. The van der Waals surface area contributed by atoms with Crippen LogP contribution in [0.15, 0.2) is 22.8 Å². The first kappa shape index (κ1) is 11.5. The van der Waals surface area contributed by atoms with Crippen molar-refractivity contribution in [1.82, 2.24) is 4.98 Å². The van der Waals surface area contributed by atoms with E-state index in [1.807, 2.05) is 0 Å². The molecule has 0 bridgehead atoms. The van der Waals surface area contributed by atoms with Crippen LogP contribution in [0, 0.1) is 0 Å². The third-order valence-corrected chi connectivity index (χ3v) is 2.57. The molecular weight excluding hydrogens is 276 g/mol. The van der Waals surface area contributed by atoms with E-state index in [1.165, 1.54) is 0 Å². The van der Waals surface area contributed by atoms with Crippen molar-refractivity contribution in [2.75, 3.05) is 25.1 Å². The Morgan fingerprint density at radius 1 is 1.56 bits per heavy atom. The fraction of sp³-hybridized carbons (Fsp3) is 0.400. The Labute approximate surface area is 101 Å². The highest BCUT2D eigenvalue weighted by Crippen LogP contribution is 2.13. The number of hydrogen-bond donors (Lipinski definition) is 1. The molecule has 1 N–H and O–H groups in total. The number of halogens is 1. The van der Waals surface area contributed by atoms with Crippen LogP contribution in [0.5, 0.6) is 0 Å². The van der Waals surface area contributed by atoms with Crippen LogP contribution in [0.4, 0.5) is 5.82 Å². The third-order valence-electron chi connectivity index (χ3n) is 2.08. The monoisotopic (exact) mass is 286 g/mol.